The quantitative estimate of drug-likeness (QED) is 0.712. The fraction of sp³-hybridized carbons (Fsp3) is 0.176. The minimum Gasteiger partial charge on any atom is -0.351 e. The summed E-state index contributed by atoms with van der Waals surface area (Å²) in [5.41, 5.74) is 4.94. The molecule has 22 heavy (non-hydrogen) atoms. The lowest BCUT2D eigenvalue weighted by molar-refractivity contribution is 0.102. The molecule has 108 valence electrons. The number of rotatable bonds is 2. The summed E-state index contributed by atoms with van der Waals surface area (Å²) < 4.78 is 0. The van der Waals surface area contributed by atoms with Crippen molar-refractivity contribution in [1.82, 2.24) is 9.97 Å². The Bertz CT molecular complexity index is 883. The summed E-state index contributed by atoms with van der Waals surface area (Å²) in [5, 5.41) is 3.82. The predicted octanol–water partition coefficient (Wildman–Crippen LogP) is 2.53. The molecule has 3 rings (SSSR count). The van der Waals surface area contributed by atoms with Gasteiger partial charge in [0.1, 0.15) is 19.4 Å². The van der Waals surface area contributed by atoms with Crippen LogP contribution in [-0.2, 0) is 0 Å². The first kappa shape index (κ1) is 14.4. The summed E-state index contributed by atoms with van der Waals surface area (Å²) in [7, 11) is 5.76. The smallest absolute Gasteiger partial charge is 0.273 e. The molecule has 2 N–H and O–H groups in total. The first-order valence-electron chi connectivity index (χ1n) is 7.08. The van der Waals surface area contributed by atoms with E-state index in [0.29, 0.717) is 17.0 Å². The van der Waals surface area contributed by atoms with E-state index < -0.39 is 0 Å². The topological polar surface area (TPSA) is 57.8 Å². The first-order valence-corrected chi connectivity index (χ1v) is 7.08. The number of pyridine rings is 1. The number of aromatic nitrogens is 2. The molecule has 0 bridgehead atoms. The monoisotopic (exact) mass is 289 g/mol. The van der Waals surface area contributed by atoms with Gasteiger partial charge < -0.3 is 10.3 Å². The van der Waals surface area contributed by atoms with Gasteiger partial charge in [-0.2, -0.15) is 0 Å². The number of hydrogen-bond donors (Lipinski definition) is 2. The number of carbonyl (C=O) groups excluding carboxylic acids is 1. The van der Waals surface area contributed by atoms with Crippen LogP contribution in [-0.4, -0.2) is 23.7 Å². The van der Waals surface area contributed by atoms with Crippen LogP contribution >= 0.6 is 0 Å². The van der Waals surface area contributed by atoms with Crippen molar-refractivity contribution in [3.05, 3.63) is 52.8 Å². The van der Waals surface area contributed by atoms with Crippen molar-refractivity contribution < 1.29 is 4.79 Å². The predicted molar refractivity (Wildman–Crippen MR) is 90.1 cm³/mol. The Morgan fingerprint density at radius 2 is 1.95 bits per heavy atom. The number of H-pyrrole nitrogens is 1. The van der Waals surface area contributed by atoms with E-state index in [1.165, 1.54) is 0 Å². The molecule has 0 unspecified atom stereocenters. The van der Waals surface area contributed by atoms with Crippen LogP contribution in [0.4, 0.5) is 5.82 Å². The normalized spacial score (nSPS) is 10.9. The Kier molecular flexibility index (Phi) is 3.49. The van der Waals surface area contributed by atoms with Crippen LogP contribution in [0, 0.1) is 20.8 Å². The molecule has 1 aromatic carbocycles. The zero-order chi connectivity index (χ0) is 15.9. The molecule has 0 spiro atoms. The summed E-state index contributed by atoms with van der Waals surface area (Å²) in [4.78, 5) is 19.9. The van der Waals surface area contributed by atoms with Gasteiger partial charge in [-0.15, -0.1) is 0 Å². The number of fused-ring (bicyclic) bond motifs is 1. The third kappa shape index (κ3) is 2.62. The van der Waals surface area contributed by atoms with Gasteiger partial charge in [0.15, 0.2) is 0 Å². The lowest BCUT2D eigenvalue weighted by Gasteiger charge is -2.10. The number of anilines is 1. The standard InChI is InChI=1S/C17H16BN3O/c1-9-6-10(2)19-16(11(9)3)21-17(22)15-7-12-4-5-13(18)8-14(12)20-15/h4-8,20H,1-3H3,(H,19,21,22). The van der Waals surface area contributed by atoms with E-state index in [-0.39, 0.29) is 5.91 Å². The summed E-state index contributed by atoms with van der Waals surface area (Å²) in [6.07, 6.45) is 0. The van der Waals surface area contributed by atoms with E-state index >= 15 is 0 Å². The molecule has 2 radical (unpaired) electrons. The number of aromatic amines is 1. The van der Waals surface area contributed by atoms with Crippen LogP contribution in [0.3, 0.4) is 0 Å². The van der Waals surface area contributed by atoms with Crippen molar-refractivity contribution >= 4 is 35.9 Å². The Hall–Kier alpha value is -2.56. The number of amides is 1. The highest BCUT2D eigenvalue weighted by Crippen LogP contribution is 2.19. The number of benzene rings is 1. The molecule has 5 heteroatoms. The van der Waals surface area contributed by atoms with Crippen LogP contribution < -0.4 is 10.8 Å². The minimum absolute atomic E-state index is 0.213. The average Bonchev–Trinajstić information content (AvgIpc) is 2.87. The van der Waals surface area contributed by atoms with Gasteiger partial charge in [0.05, 0.1) is 0 Å². The molecule has 0 atom stereocenters. The number of carbonyl (C=O) groups is 1. The molecule has 0 saturated heterocycles. The Morgan fingerprint density at radius 1 is 1.18 bits per heavy atom. The Balaban J connectivity index is 1.93. The third-order valence-corrected chi connectivity index (χ3v) is 3.78. The van der Waals surface area contributed by atoms with Gasteiger partial charge in [-0.1, -0.05) is 17.6 Å². The lowest BCUT2D eigenvalue weighted by atomic mass is 9.96. The average molecular weight is 289 g/mol. The van der Waals surface area contributed by atoms with Crippen molar-refractivity contribution in [3.8, 4) is 0 Å². The molecule has 0 saturated carbocycles. The third-order valence-electron chi connectivity index (χ3n) is 3.78. The Morgan fingerprint density at radius 3 is 2.73 bits per heavy atom. The van der Waals surface area contributed by atoms with Crippen LogP contribution in [0.2, 0.25) is 0 Å². The van der Waals surface area contributed by atoms with Crippen LogP contribution in [0.25, 0.3) is 10.9 Å². The molecule has 0 aliphatic rings. The van der Waals surface area contributed by atoms with Crippen LogP contribution in [0.1, 0.15) is 27.3 Å². The van der Waals surface area contributed by atoms with Crippen molar-refractivity contribution in [2.45, 2.75) is 20.8 Å². The maximum atomic E-state index is 12.4. The maximum absolute atomic E-state index is 12.4. The van der Waals surface area contributed by atoms with E-state index in [2.05, 4.69) is 15.3 Å². The molecular formula is C17H16BN3O. The van der Waals surface area contributed by atoms with Crippen LogP contribution in [0.15, 0.2) is 30.3 Å². The first-order chi connectivity index (χ1) is 10.4. The molecule has 2 heterocycles. The fourth-order valence-electron chi connectivity index (χ4n) is 2.46. The van der Waals surface area contributed by atoms with Gasteiger partial charge in [-0.25, -0.2) is 4.98 Å². The number of hydrogen-bond acceptors (Lipinski definition) is 2. The van der Waals surface area contributed by atoms with Crippen LogP contribution in [0.5, 0.6) is 0 Å². The summed E-state index contributed by atoms with van der Waals surface area (Å²) >= 11 is 0. The Labute approximate surface area is 130 Å². The van der Waals surface area contributed by atoms with E-state index in [4.69, 9.17) is 7.85 Å². The van der Waals surface area contributed by atoms with Gasteiger partial charge in [-0.05, 0) is 50.1 Å². The minimum atomic E-state index is -0.213. The zero-order valence-corrected chi connectivity index (χ0v) is 12.8. The highest BCUT2D eigenvalue weighted by molar-refractivity contribution is 6.33. The summed E-state index contributed by atoms with van der Waals surface area (Å²) in [6, 6.07) is 9.32. The number of nitrogens with zero attached hydrogens (tertiary/aromatic N) is 1. The molecule has 0 fully saturated rings. The fourth-order valence-corrected chi connectivity index (χ4v) is 2.46. The summed E-state index contributed by atoms with van der Waals surface area (Å²) in [5.74, 6) is 0.385. The van der Waals surface area contributed by atoms with Crippen molar-refractivity contribution in [1.29, 1.82) is 0 Å². The second-order valence-corrected chi connectivity index (χ2v) is 5.54. The van der Waals surface area contributed by atoms with E-state index in [1.54, 1.807) is 0 Å². The number of nitrogens with one attached hydrogen (secondary N) is 2. The highest BCUT2D eigenvalue weighted by Gasteiger charge is 2.13. The maximum Gasteiger partial charge on any atom is 0.273 e. The molecule has 1 amide bonds. The molecular weight excluding hydrogens is 273 g/mol. The van der Waals surface area contributed by atoms with Gasteiger partial charge in [0.2, 0.25) is 0 Å². The van der Waals surface area contributed by atoms with Gasteiger partial charge in [-0.3, -0.25) is 4.79 Å². The SMILES string of the molecule is [B]c1ccc2cc(C(=O)Nc3nc(C)cc(C)c3C)[nH]c2c1. The van der Waals surface area contributed by atoms with Crippen molar-refractivity contribution in [2.75, 3.05) is 5.32 Å². The summed E-state index contributed by atoms with van der Waals surface area (Å²) in [6.45, 7) is 5.86. The van der Waals surface area contributed by atoms with E-state index in [0.717, 1.165) is 27.7 Å². The molecule has 3 aromatic rings. The van der Waals surface area contributed by atoms with E-state index in [1.807, 2.05) is 51.1 Å². The molecule has 4 nitrogen and oxygen atoms in total. The zero-order valence-electron chi connectivity index (χ0n) is 12.8. The van der Waals surface area contributed by atoms with Gasteiger partial charge >= 0.3 is 0 Å². The molecule has 0 aliphatic heterocycles. The highest BCUT2D eigenvalue weighted by atomic mass is 16.1. The van der Waals surface area contributed by atoms with Crippen molar-refractivity contribution in [3.63, 3.8) is 0 Å². The molecule has 0 aliphatic carbocycles. The lowest BCUT2D eigenvalue weighted by Crippen LogP contribution is -2.15. The van der Waals surface area contributed by atoms with E-state index in [9.17, 15) is 4.79 Å². The molecule has 2 aromatic heterocycles. The number of aryl methyl sites for hydroxylation is 2. The van der Waals surface area contributed by atoms with Gasteiger partial charge in [0, 0.05) is 16.6 Å². The largest absolute Gasteiger partial charge is 0.351 e. The van der Waals surface area contributed by atoms with Gasteiger partial charge in [0.25, 0.3) is 5.91 Å². The second kappa shape index (κ2) is 5.33. The van der Waals surface area contributed by atoms with Crippen molar-refractivity contribution in [2.24, 2.45) is 0 Å². The second-order valence-electron chi connectivity index (χ2n) is 5.54.